The minimum absolute atomic E-state index is 0.0829. The lowest BCUT2D eigenvalue weighted by Gasteiger charge is -2.22. The first kappa shape index (κ1) is 15.8. The third-order valence-corrected chi connectivity index (χ3v) is 6.35. The van der Waals surface area contributed by atoms with E-state index in [0.717, 1.165) is 10.2 Å². The van der Waals surface area contributed by atoms with Crippen LogP contribution in [0.15, 0.2) is 58.5 Å². The molecule has 2 aromatic carbocycles. The molecule has 0 radical (unpaired) electrons. The molecule has 0 fully saturated rings. The lowest BCUT2D eigenvalue weighted by molar-refractivity contribution is 0.596. The Bertz CT molecular complexity index is 1060. The molecule has 1 nitrogen and oxygen atoms in total. The molecule has 0 aliphatic heterocycles. The van der Waals surface area contributed by atoms with Gasteiger partial charge in [0.2, 0.25) is 0 Å². The van der Waals surface area contributed by atoms with Crippen molar-refractivity contribution in [1.82, 2.24) is 4.98 Å². The van der Waals surface area contributed by atoms with Crippen LogP contribution in [0.25, 0.3) is 32.1 Å². The van der Waals surface area contributed by atoms with Crippen LogP contribution in [-0.4, -0.2) is 4.98 Å². The van der Waals surface area contributed by atoms with Gasteiger partial charge < -0.3 is 0 Å². The lowest BCUT2D eigenvalue weighted by Crippen LogP contribution is -2.12. The van der Waals surface area contributed by atoms with Crippen LogP contribution in [0.2, 0.25) is 0 Å². The molecule has 0 saturated heterocycles. The largest absolute Gasteiger partial charge is 0.255 e. The number of nitrogens with zero attached hydrogens (tertiary/aromatic N) is 1. The third kappa shape index (κ3) is 2.56. The summed E-state index contributed by atoms with van der Waals surface area (Å²) in [6, 6.07) is 15.3. The average molecular weight is 396 g/mol. The van der Waals surface area contributed by atoms with Gasteiger partial charge in [0.15, 0.2) is 0 Å². The number of fused-ring (bicyclic) bond motifs is 2. The highest BCUT2D eigenvalue weighted by molar-refractivity contribution is 9.10. The summed E-state index contributed by atoms with van der Waals surface area (Å²) in [6.07, 6.45) is 1.90. The molecule has 4 aromatic rings. The highest BCUT2D eigenvalue weighted by Crippen LogP contribution is 2.39. The SMILES string of the molecule is CC(C)(C)c1cc(-c2nccc3c(Br)csc23)cc2ccccc12. The van der Waals surface area contributed by atoms with Gasteiger partial charge in [-0.1, -0.05) is 45.0 Å². The summed E-state index contributed by atoms with van der Waals surface area (Å²) in [4.78, 5) is 4.71. The number of pyridine rings is 1. The molecule has 2 heterocycles. The van der Waals surface area contributed by atoms with Crippen LogP contribution in [-0.2, 0) is 5.41 Å². The Hall–Kier alpha value is -1.71. The predicted octanol–water partition coefficient (Wildman–Crippen LogP) is 7.18. The van der Waals surface area contributed by atoms with Gasteiger partial charge in [0.25, 0.3) is 0 Å². The van der Waals surface area contributed by atoms with E-state index in [9.17, 15) is 0 Å². The van der Waals surface area contributed by atoms with E-state index >= 15 is 0 Å². The average Bonchev–Trinajstić information content (AvgIpc) is 2.94. The molecule has 0 bridgehead atoms. The Balaban J connectivity index is 2.07. The maximum Gasteiger partial charge on any atom is 0.0880 e. The quantitative estimate of drug-likeness (QED) is 0.332. The molecule has 120 valence electrons. The second kappa shape index (κ2) is 5.68. The Morgan fingerprint density at radius 3 is 2.58 bits per heavy atom. The minimum atomic E-state index is 0.0829. The van der Waals surface area contributed by atoms with Crippen molar-refractivity contribution in [2.24, 2.45) is 0 Å². The summed E-state index contributed by atoms with van der Waals surface area (Å²) < 4.78 is 2.38. The van der Waals surface area contributed by atoms with Gasteiger partial charge in [0.05, 0.1) is 10.4 Å². The van der Waals surface area contributed by atoms with E-state index in [1.807, 2.05) is 6.20 Å². The zero-order valence-corrected chi connectivity index (χ0v) is 16.3. The van der Waals surface area contributed by atoms with Crippen LogP contribution in [0.4, 0.5) is 0 Å². The summed E-state index contributed by atoms with van der Waals surface area (Å²) in [6.45, 7) is 6.82. The van der Waals surface area contributed by atoms with Crippen LogP contribution >= 0.6 is 27.3 Å². The fraction of sp³-hybridized carbons (Fsp3) is 0.190. The van der Waals surface area contributed by atoms with Crippen molar-refractivity contribution in [2.75, 3.05) is 0 Å². The first-order chi connectivity index (χ1) is 11.4. The number of hydrogen-bond acceptors (Lipinski definition) is 2. The van der Waals surface area contributed by atoms with Gasteiger partial charge in [-0.15, -0.1) is 11.3 Å². The van der Waals surface area contributed by atoms with E-state index in [1.165, 1.54) is 32.0 Å². The second-order valence-corrected chi connectivity index (χ2v) is 8.85. The molecule has 0 atom stereocenters. The van der Waals surface area contributed by atoms with E-state index in [4.69, 9.17) is 4.98 Å². The Kier molecular flexibility index (Phi) is 3.74. The molecule has 3 heteroatoms. The number of thiophene rings is 1. The molecule has 0 aliphatic carbocycles. The fourth-order valence-corrected chi connectivity index (χ4v) is 4.88. The molecule has 0 saturated carbocycles. The summed E-state index contributed by atoms with van der Waals surface area (Å²) >= 11 is 5.39. The van der Waals surface area contributed by atoms with Gasteiger partial charge in [-0.2, -0.15) is 0 Å². The maximum atomic E-state index is 4.71. The highest BCUT2D eigenvalue weighted by Gasteiger charge is 2.19. The molecule has 2 aromatic heterocycles. The Morgan fingerprint density at radius 1 is 1.00 bits per heavy atom. The van der Waals surface area contributed by atoms with E-state index in [2.05, 4.69) is 84.5 Å². The third-order valence-electron chi connectivity index (χ3n) is 4.39. The molecule has 0 aliphatic rings. The number of rotatable bonds is 1. The van der Waals surface area contributed by atoms with E-state index in [-0.39, 0.29) is 5.41 Å². The summed E-state index contributed by atoms with van der Waals surface area (Å²) in [5.74, 6) is 0. The molecule has 0 unspecified atom stereocenters. The van der Waals surface area contributed by atoms with Crippen molar-refractivity contribution in [3.63, 3.8) is 0 Å². The van der Waals surface area contributed by atoms with Crippen LogP contribution in [0.5, 0.6) is 0 Å². The van der Waals surface area contributed by atoms with Crippen LogP contribution < -0.4 is 0 Å². The monoisotopic (exact) mass is 395 g/mol. The first-order valence-corrected chi connectivity index (χ1v) is 9.68. The van der Waals surface area contributed by atoms with Crippen LogP contribution in [0.3, 0.4) is 0 Å². The first-order valence-electron chi connectivity index (χ1n) is 8.00. The van der Waals surface area contributed by atoms with Gasteiger partial charge in [-0.25, -0.2) is 0 Å². The smallest absolute Gasteiger partial charge is 0.0880 e. The Labute approximate surface area is 154 Å². The molecule has 0 amide bonds. The number of hydrogen-bond donors (Lipinski definition) is 0. The molecule has 0 spiro atoms. The maximum absolute atomic E-state index is 4.71. The summed E-state index contributed by atoms with van der Waals surface area (Å²) in [5, 5.41) is 5.97. The predicted molar refractivity (Wildman–Crippen MR) is 109 cm³/mol. The second-order valence-electron chi connectivity index (χ2n) is 7.11. The molecule has 24 heavy (non-hydrogen) atoms. The molecular weight excluding hydrogens is 378 g/mol. The van der Waals surface area contributed by atoms with Crippen LogP contribution in [0, 0.1) is 0 Å². The van der Waals surface area contributed by atoms with Gasteiger partial charge >= 0.3 is 0 Å². The van der Waals surface area contributed by atoms with Crippen LogP contribution in [0.1, 0.15) is 26.3 Å². The summed E-state index contributed by atoms with van der Waals surface area (Å²) in [5.41, 5.74) is 3.71. The standard InChI is InChI=1S/C21H18BrNS/c1-21(2,3)17-11-14(10-13-6-4-5-7-15(13)17)19-20-16(8-9-23-19)18(22)12-24-20/h4-12H,1-3H3. The van der Waals surface area contributed by atoms with Crippen molar-refractivity contribution in [3.8, 4) is 11.3 Å². The van der Waals surface area contributed by atoms with Crippen molar-refractivity contribution in [1.29, 1.82) is 0 Å². The minimum Gasteiger partial charge on any atom is -0.255 e. The lowest BCUT2D eigenvalue weighted by atomic mass is 9.82. The number of benzene rings is 2. The number of halogens is 1. The normalized spacial score (nSPS) is 12.2. The molecule has 4 rings (SSSR count). The van der Waals surface area contributed by atoms with Gasteiger partial charge in [-0.3, -0.25) is 4.98 Å². The van der Waals surface area contributed by atoms with E-state index in [0.29, 0.717) is 0 Å². The molecular formula is C21H18BrNS. The van der Waals surface area contributed by atoms with Crippen molar-refractivity contribution in [3.05, 3.63) is 64.1 Å². The van der Waals surface area contributed by atoms with E-state index < -0.39 is 0 Å². The van der Waals surface area contributed by atoms with E-state index in [1.54, 1.807) is 11.3 Å². The van der Waals surface area contributed by atoms with Crippen molar-refractivity contribution < 1.29 is 0 Å². The van der Waals surface area contributed by atoms with Crippen molar-refractivity contribution >= 4 is 48.1 Å². The number of aromatic nitrogens is 1. The fourth-order valence-electron chi connectivity index (χ4n) is 3.20. The zero-order valence-electron chi connectivity index (χ0n) is 13.9. The van der Waals surface area contributed by atoms with Crippen molar-refractivity contribution in [2.45, 2.75) is 26.2 Å². The Morgan fingerprint density at radius 2 is 1.79 bits per heavy atom. The zero-order chi connectivity index (χ0) is 16.9. The van der Waals surface area contributed by atoms with Gasteiger partial charge in [0.1, 0.15) is 0 Å². The topological polar surface area (TPSA) is 12.9 Å². The molecule has 0 N–H and O–H groups in total. The summed E-state index contributed by atoms with van der Waals surface area (Å²) in [7, 11) is 0. The highest BCUT2D eigenvalue weighted by atomic mass is 79.9. The van der Waals surface area contributed by atoms with Gasteiger partial charge in [-0.05, 0) is 55.9 Å². The van der Waals surface area contributed by atoms with Gasteiger partial charge in [0, 0.05) is 27.0 Å².